The van der Waals surface area contributed by atoms with Crippen molar-refractivity contribution in [1.29, 1.82) is 0 Å². The van der Waals surface area contributed by atoms with Gasteiger partial charge in [-0.1, -0.05) is 53.6 Å². The average molecular weight is 314 g/mol. The molecule has 0 unspecified atom stereocenters. The van der Waals surface area contributed by atoms with Crippen molar-refractivity contribution < 1.29 is 4.74 Å². The van der Waals surface area contributed by atoms with Crippen LogP contribution in [-0.4, -0.2) is 5.60 Å². The number of aryl methyl sites for hydroxylation is 2. The van der Waals surface area contributed by atoms with E-state index in [0.717, 1.165) is 5.75 Å². The van der Waals surface area contributed by atoms with Gasteiger partial charge in [-0.05, 0) is 67.8 Å². The lowest BCUT2D eigenvalue weighted by atomic mass is 9.88. The molecule has 1 heteroatoms. The first-order chi connectivity index (χ1) is 11.4. The molecule has 0 saturated carbocycles. The zero-order valence-corrected chi connectivity index (χ0v) is 14.7. The topological polar surface area (TPSA) is 9.23 Å². The SMILES string of the molecule is Cc1ccc(C2=CC(C)(C)Oc3cc4ccc(C)cc4cc32)cc1. The van der Waals surface area contributed by atoms with Crippen molar-refractivity contribution >= 4 is 16.3 Å². The van der Waals surface area contributed by atoms with Crippen molar-refractivity contribution in [2.24, 2.45) is 0 Å². The molecule has 1 aliphatic heterocycles. The predicted octanol–water partition coefficient (Wildman–Crippen LogP) is 6.06. The van der Waals surface area contributed by atoms with Crippen molar-refractivity contribution in [1.82, 2.24) is 0 Å². The quantitative estimate of drug-likeness (QED) is 0.530. The van der Waals surface area contributed by atoms with Crippen molar-refractivity contribution in [3.05, 3.63) is 82.9 Å². The van der Waals surface area contributed by atoms with Crippen LogP contribution < -0.4 is 4.74 Å². The standard InChI is InChI=1S/C23H22O/c1-15-5-8-17(9-6-15)21-14-23(3,4)24-22-13-18-10-7-16(2)11-19(18)12-20(21)22/h5-14H,1-4H3. The van der Waals surface area contributed by atoms with Crippen LogP contribution in [0.15, 0.2) is 60.7 Å². The molecule has 1 heterocycles. The molecule has 0 fully saturated rings. The van der Waals surface area contributed by atoms with Gasteiger partial charge in [0.2, 0.25) is 0 Å². The Hall–Kier alpha value is -2.54. The Kier molecular flexibility index (Phi) is 3.28. The van der Waals surface area contributed by atoms with Gasteiger partial charge in [0.05, 0.1) is 0 Å². The largest absolute Gasteiger partial charge is 0.483 e. The summed E-state index contributed by atoms with van der Waals surface area (Å²) in [6, 6.07) is 19.7. The van der Waals surface area contributed by atoms with E-state index in [1.54, 1.807) is 0 Å². The molecule has 0 bridgehead atoms. The van der Waals surface area contributed by atoms with Gasteiger partial charge in [0.25, 0.3) is 0 Å². The highest BCUT2D eigenvalue weighted by atomic mass is 16.5. The van der Waals surface area contributed by atoms with E-state index in [4.69, 9.17) is 4.74 Å². The Labute approximate surface area is 143 Å². The highest BCUT2D eigenvalue weighted by Gasteiger charge is 2.27. The van der Waals surface area contributed by atoms with Crippen molar-refractivity contribution in [2.45, 2.75) is 33.3 Å². The maximum absolute atomic E-state index is 6.26. The van der Waals surface area contributed by atoms with Crippen molar-refractivity contribution in [3.63, 3.8) is 0 Å². The highest BCUT2D eigenvalue weighted by Crippen LogP contribution is 2.41. The van der Waals surface area contributed by atoms with E-state index in [0.29, 0.717) is 0 Å². The van der Waals surface area contributed by atoms with E-state index < -0.39 is 0 Å². The molecule has 0 spiro atoms. The normalized spacial score (nSPS) is 15.6. The van der Waals surface area contributed by atoms with Crippen LogP contribution in [0.3, 0.4) is 0 Å². The second kappa shape index (κ2) is 5.24. The Morgan fingerprint density at radius 2 is 1.46 bits per heavy atom. The van der Waals surface area contributed by atoms with E-state index in [-0.39, 0.29) is 5.60 Å². The molecule has 3 aromatic carbocycles. The van der Waals surface area contributed by atoms with Crippen LogP contribution in [0.1, 0.15) is 36.1 Å². The summed E-state index contributed by atoms with van der Waals surface area (Å²) < 4.78 is 6.26. The van der Waals surface area contributed by atoms with Crippen LogP contribution in [0.4, 0.5) is 0 Å². The van der Waals surface area contributed by atoms with E-state index >= 15 is 0 Å². The zero-order chi connectivity index (χ0) is 16.9. The number of fused-ring (bicyclic) bond motifs is 2. The Morgan fingerprint density at radius 3 is 2.21 bits per heavy atom. The summed E-state index contributed by atoms with van der Waals surface area (Å²) in [7, 11) is 0. The number of hydrogen-bond donors (Lipinski definition) is 0. The van der Waals surface area contributed by atoms with Crippen molar-refractivity contribution in [3.8, 4) is 5.75 Å². The van der Waals surface area contributed by atoms with Gasteiger partial charge in [-0.15, -0.1) is 0 Å². The van der Waals surface area contributed by atoms with Gasteiger partial charge in [-0.25, -0.2) is 0 Å². The molecular formula is C23H22O. The number of hydrogen-bond acceptors (Lipinski definition) is 1. The van der Waals surface area contributed by atoms with Gasteiger partial charge in [-0.2, -0.15) is 0 Å². The maximum atomic E-state index is 6.26. The second-order valence-electron chi connectivity index (χ2n) is 7.33. The molecular weight excluding hydrogens is 292 g/mol. The van der Waals surface area contributed by atoms with Gasteiger partial charge >= 0.3 is 0 Å². The fraction of sp³-hybridized carbons (Fsp3) is 0.217. The Morgan fingerprint density at radius 1 is 0.750 bits per heavy atom. The molecule has 0 amide bonds. The Bertz CT molecular complexity index is 959. The molecule has 24 heavy (non-hydrogen) atoms. The molecule has 4 rings (SSSR count). The highest BCUT2D eigenvalue weighted by molar-refractivity contribution is 5.94. The summed E-state index contributed by atoms with van der Waals surface area (Å²) in [5.41, 5.74) is 5.91. The first kappa shape index (κ1) is 15.0. The van der Waals surface area contributed by atoms with Crippen LogP contribution in [-0.2, 0) is 0 Å². The van der Waals surface area contributed by atoms with Gasteiger partial charge < -0.3 is 4.74 Å². The lowest BCUT2D eigenvalue weighted by molar-refractivity contribution is 0.158. The maximum Gasteiger partial charge on any atom is 0.129 e. The van der Waals surface area contributed by atoms with Gasteiger partial charge in [-0.3, -0.25) is 0 Å². The molecule has 0 saturated heterocycles. The number of benzene rings is 3. The summed E-state index contributed by atoms with van der Waals surface area (Å²) in [5, 5.41) is 2.48. The minimum absolute atomic E-state index is 0.314. The van der Waals surface area contributed by atoms with Crippen LogP contribution >= 0.6 is 0 Å². The molecule has 1 aliphatic rings. The minimum Gasteiger partial charge on any atom is -0.483 e. The van der Waals surface area contributed by atoms with Crippen LogP contribution in [0, 0.1) is 13.8 Å². The fourth-order valence-corrected chi connectivity index (χ4v) is 3.40. The third kappa shape index (κ3) is 2.60. The fourth-order valence-electron chi connectivity index (χ4n) is 3.40. The van der Waals surface area contributed by atoms with E-state index in [1.807, 2.05) is 0 Å². The van der Waals surface area contributed by atoms with Crippen LogP contribution in [0.5, 0.6) is 5.75 Å². The molecule has 0 radical (unpaired) electrons. The first-order valence-electron chi connectivity index (χ1n) is 8.45. The Balaban J connectivity index is 1.96. The summed E-state index contributed by atoms with van der Waals surface area (Å²) in [6.07, 6.45) is 2.24. The van der Waals surface area contributed by atoms with E-state index in [1.165, 1.54) is 38.6 Å². The van der Waals surface area contributed by atoms with Gasteiger partial charge in [0.15, 0.2) is 0 Å². The molecule has 0 aromatic heterocycles. The molecule has 120 valence electrons. The van der Waals surface area contributed by atoms with Crippen molar-refractivity contribution in [2.75, 3.05) is 0 Å². The lowest BCUT2D eigenvalue weighted by Crippen LogP contribution is -2.29. The first-order valence-corrected chi connectivity index (χ1v) is 8.45. The third-order valence-corrected chi connectivity index (χ3v) is 4.61. The van der Waals surface area contributed by atoms with Crippen LogP contribution in [0.2, 0.25) is 0 Å². The monoisotopic (exact) mass is 314 g/mol. The predicted molar refractivity (Wildman–Crippen MR) is 102 cm³/mol. The van der Waals surface area contributed by atoms with E-state index in [9.17, 15) is 0 Å². The van der Waals surface area contributed by atoms with Gasteiger partial charge in [0, 0.05) is 5.56 Å². The summed E-state index contributed by atoms with van der Waals surface area (Å²) >= 11 is 0. The second-order valence-corrected chi connectivity index (χ2v) is 7.33. The summed E-state index contributed by atoms with van der Waals surface area (Å²) in [4.78, 5) is 0. The molecule has 0 aliphatic carbocycles. The third-order valence-electron chi connectivity index (χ3n) is 4.61. The van der Waals surface area contributed by atoms with E-state index in [2.05, 4.69) is 88.4 Å². The van der Waals surface area contributed by atoms with Crippen LogP contribution in [0.25, 0.3) is 16.3 Å². The zero-order valence-electron chi connectivity index (χ0n) is 14.7. The molecule has 0 N–H and O–H groups in total. The molecule has 1 nitrogen and oxygen atoms in total. The average Bonchev–Trinajstić information content (AvgIpc) is 2.53. The summed E-state index contributed by atoms with van der Waals surface area (Å²) in [6.45, 7) is 8.48. The smallest absolute Gasteiger partial charge is 0.129 e. The molecule has 0 atom stereocenters. The minimum atomic E-state index is -0.314. The number of ether oxygens (including phenoxy) is 1. The van der Waals surface area contributed by atoms with Gasteiger partial charge in [0.1, 0.15) is 11.4 Å². The lowest BCUT2D eigenvalue weighted by Gasteiger charge is -2.31. The molecule has 3 aromatic rings. The number of rotatable bonds is 1. The summed E-state index contributed by atoms with van der Waals surface area (Å²) in [5.74, 6) is 0.967.